The molecule has 1 N–H and O–H groups in total. The molecule has 2 aromatic rings. The average Bonchev–Trinajstić information content (AvgIpc) is 3.09. The molecule has 1 aromatic heterocycles. The van der Waals surface area contributed by atoms with Crippen LogP contribution in [0.2, 0.25) is 0 Å². The number of nitrogens with zero attached hydrogens (tertiary/aromatic N) is 2. The summed E-state index contributed by atoms with van der Waals surface area (Å²) in [7, 11) is 0. The molecule has 0 unspecified atom stereocenters. The summed E-state index contributed by atoms with van der Waals surface area (Å²) in [5, 5.41) is 7.51. The molecule has 1 aliphatic carbocycles. The first-order valence-corrected chi connectivity index (χ1v) is 6.94. The number of rotatable bonds is 4. The maximum atomic E-state index is 5.29. The Morgan fingerprint density at radius 3 is 2.68 bits per heavy atom. The Labute approximate surface area is 113 Å². The molecule has 1 saturated carbocycles. The first-order chi connectivity index (χ1) is 9.31. The van der Waals surface area contributed by atoms with Crippen molar-refractivity contribution in [3.8, 4) is 11.4 Å². The highest BCUT2D eigenvalue weighted by molar-refractivity contribution is 5.54. The summed E-state index contributed by atoms with van der Waals surface area (Å²) in [6, 6.07) is 8.78. The Hall–Kier alpha value is -1.68. The summed E-state index contributed by atoms with van der Waals surface area (Å²) in [4.78, 5) is 4.43. The monoisotopic (exact) mass is 257 g/mol. The smallest absolute Gasteiger partial charge is 0.240 e. The number of benzene rings is 1. The minimum absolute atomic E-state index is 0.620. The Morgan fingerprint density at radius 1 is 1.21 bits per heavy atom. The molecule has 1 heterocycles. The number of nitrogens with one attached hydrogen (secondary N) is 1. The van der Waals surface area contributed by atoms with Crippen molar-refractivity contribution in [2.24, 2.45) is 0 Å². The molecule has 0 radical (unpaired) electrons. The minimum atomic E-state index is 0.620. The van der Waals surface area contributed by atoms with Gasteiger partial charge >= 0.3 is 0 Å². The number of hydrogen-bond donors (Lipinski definition) is 1. The summed E-state index contributed by atoms with van der Waals surface area (Å²) in [6.45, 7) is 2.74. The molecule has 0 aliphatic heterocycles. The van der Waals surface area contributed by atoms with Crippen molar-refractivity contribution in [3.05, 3.63) is 35.7 Å². The summed E-state index contributed by atoms with van der Waals surface area (Å²) in [5.41, 5.74) is 2.23. The first kappa shape index (κ1) is 12.4. The molecule has 1 aliphatic rings. The van der Waals surface area contributed by atoms with E-state index in [1.165, 1.54) is 31.2 Å². The van der Waals surface area contributed by atoms with E-state index < -0.39 is 0 Å². The highest BCUT2D eigenvalue weighted by Gasteiger charge is 2.15. The molecular formula is C15H19N3O. The molecule has 1 fully saturated rings. The standard InChI is InChI=1S/C15H19N3O/c1-11-6-8-12(9-7-11)15-17-14(19-18-15)10-16-13-4-2-3-5-13/h6-9,13,16H,2-5,10H2,1H3. The van der Waals surface area contributed by atoms with E-state index in [4.69, 9.17) is 4.52 Å². The molecule has 100 valence electrons. The van der Waals surface area contributed by atoms with Crippen molar-refractivity contribution >= 4 is 0 Å². The van der Waals surface area contributed by atoms with Crippen molar-refractivity contribution in [2.75, 3.05) is 0 Å². The fraction of sp³-hybridized carbons (Fsp3) is 0.467. The second-order valence-corrected chi connectivity index (χ2v) is 5.24. The third kappa shape index (κ3) is 3.01. The molecule has 0 saturated heterocycles. The largest absolute Gasteiger partial charge is 0.338 e. The molecule has 0 atom stereocenters. The molecule has 3 rings (SSSR count). The maximum absolute atomic E-state index is 5.29. The Balaban J connectivity index is 1.63. The van der Waals surface area contributed by atoms with Crippen LogP contribution in [0.5, 0.6) is 0 Å². The summed E-state index contributed by atoms with van der Waals surface area (Å²) >= 11 is 0. The molecule has 0 amide bonds. The summed E-state index contributed by atoms with van der Waals surface area (Å²) < 4.78 is 5.29. The third-order valence-electron chi connectivity index (χ3n) is 3.67. The molecule has 4 nitrogen and oxygen atoms in total. The average molecular weight is 257 g/mol. The highest BCUT2D eigenvalue weighted by atomic mass is 16.5. The fourth-order valence-corrected chi connectivity index (χ4v) is 2.51. The van der Waals surface area contributed by atoms with Gasteiger partial charge in [0.1, 0.15) is 0 Å². The van der Waals surface area contributed by atoms with Gasteiger partial charge in [0.05, 0.1) is 6.54 Å². The summed E-state index contributed by atoms with van der Waals surface area (Å²) in [5.74, 6) is 1.34. The van der Waals surface area contributed by atoms with Crippen molar-refractivity contribution in [2.45, 2.75) is 45.2 Å². The highest BCUT2D eigenvalue weighted by Crippen LogP contribution is 2.19. The van der Waals surface area contributed by atoms with E-state index in [0.717, 1.165) is 5.56 Å². The van der Waals surface area contributed by atoms with Gasteiger partial charge in [-0.1, -0.05) is 47.8 Å². The van der Waals surface area contributed by atoms with Gasteiger partial charge in [0.25, 0.3) is 0 Å². The van der Waals surface area contributed by atoms with Crippen LogP contribution < -0.4 is 5.32 Å². The molecule has 19 heavy (non-hydrogen) atoms. The predicted octanol–water partition coefficient (Wildman–Crippen LogP) is 3.08. The van der Waals surface area contributed by atoms with Crippen LogP contribution in [0.25, 0.3) is 11.4 Å². The second-order valence-electron chi connectivity index (χ2n) is 5.24. The lowest BCUT2D eigenvalue weighted by atomic mass is 10.1. The van der Waals surface area contributed by atoms with Gasteiger partial charge in [-0.15, -0.1) is 0 Å². The Kier molecular flexibility index (Phi) is 3.60. The lowest BCUT2D eigenvalue weighted by Gasteiger charge is -2.08. The lowest BCUT2D eigenvalue weighted by Crippen LogP contribution is -2.25. The van der Waals surface area contributed by atoms with Crippen molar-refractivity contribution in [3.63, 3.8) is 0 Å². The van der Waals surface area contributed by atoms with Gasteiger partial charge in [0, 0.05) is 11.6 Å². The molecule has 0 spiro atoms. The Morgan fingerprint density at radius 2 is 1.95 bits per heavy atom. The number of aromatic nitrogens is 2. The van der Waals surface area contributed by atoms with Crippen molar-refractivity contribution < 1.29 is 4.52 Å². The van der Waals surface area contributed by atoms with E-state index in [2.05, 4.69) is 34.5 Å². The van der Waals surface area contributed by atoms with Crippen LogP contribution in [0, 0.1) is 6.92 Å². The zero-order valence-corrected chi connectivity index (χ0v) is 11.2. The topological polar surface area (TPSA) is 51.0 Å². The normalized spacial score (nSPS) is 16.1. The Bertz CT molecular complexity index is 527. The molecule has 4 heteroatoms. The van der Waals surface area contributed by atoms with E-state index in [-0.39, 0.29) is 0 Å². The SMILES string of the molecule is Cc1ccc(-c2noc(CNC3CCCC3)n2)cc1. The maximum Gasteiger partial charge on any atom is 0.240 e. The van der Waals surface area contributed by atoms with Crippen LogP contribution in [0.3, 0.4) is 0 Å². The van der Waals surface area contributed by atoms with E-state index in [1.54, 1.807) is 0 Å². The van der Waals surface area contributed by atoms with Crippen LogP contribution in [-0.2, 0) is 6.54 Å². The first-order valence-electron chi connectivity index (χ1n) is 6.94. The summed E-state index contributed by atoms with van der Waals surface area (Å²) in [6.07, 6.45) is 5.18. The van der Waals surface area contributed by atoms with Crippen LogP contribution in [0.1, 0.15) is 37.1 Å². The zero-order chi connectivity index (χ0) is 13.1. The van der Waals surface area contributed by atoms with Gasteiger partial charge in [0.2, 0.25) is 11.7 Å². The quantitative estimate of drug-likeness (QED) is 0.914. The minimum Gasteiger partial charge on any atom is -0.338 e. The number of aryl methyl sites for hydroxylation is 1. The van der Waals surface area contributed by atoms with Crippen LogP contribution >= 0.6 is 0 Å². The van der Waals surface area contributed by atoms with Gasteiger partial charge < -0.3 is 9.84 Å². The van der Waals surface area contributed by atoms with Gasteiger partial charge in [-0.05, 0) is 19.8 Å². The molecule has 0 bridgehead atoms. The van der Waals surface area contributed by atoms with Crippen LogP contribution in [-0.4, -0.2) is 16.2 Å². The van der Waals surface area contributed by atoms with E-state index >= 15 is 0 Å². The zero-order valence-electron chi connectivity index (χ0n) is 11.2. The molecule has 1 aromatic carbocycles. The lowest BCUT2D eigenvalue weighted by molar-refractivity contribution is 0.357. The van der Waals surface area contributed by atoms with Crippen LogP contribution in [0.15, 0.2) is 28.8 Å². The van der Waals surface area contributed by atoms with Crippen molar-refractivity contribution in [1.82, 2.24) is 15.5 Å². The number of hydrogen-bond acceptors (Lipinski definition) is 4. The third-order valence-corrected chi connectivity index (χ3v) is 3.67. The molecular weight excluding hydrogens is 238 g/mol. The van der Waals surface area contributed by atoms with E-state index in [9.17, 15) is 0 Å². The van der Waals surface area contributed by atoms with Gasteiger partial charge in [-0.2, -0.15) is 4.98 Å². The predicted molar refractivity (Wildman–Crippen MR) is 73.6 cm³/mol. The van der Waals surface area contributed by atoms with Crippen molar-refractivity contribution in [1.29, 1.82) is 0 Å². The van der Waals surface area contributed by atoms with Gasteiger partial charge in [-0.25, -0.2) is 0 Å². The fourth-order valence-electron chi connectivity index (χ4n) is 2.51. The van der Waals surface area contributed by atoms with E-state index in [1.807, 2.05) is 12.1 Å². The van der Waals surface area contributed by atoms with Gasteiger partial charge in [-0.3, -0.25) is 0 Å². The second kappa shape index (κ2) is 5.53. The van der Waals surface area contributed by atoms with E-state index in [0.29, 0.717) is 24.3 Å². The van der Waals surface area contributed by atoms with Crippen LogP contribution in [0.4, 0.5) is 0 Å². The van der Waals surface area contributed by atoms with Gasteiger partial charge in [0.15, 0.2) is 0 Å².